The fourth-order valence-electron chi connectivity index (χ4n) is 3.63. The number of nitrogens with zero attached hydrogens (tertiary/aromatic N) is 2. The first kappa shape index (κ1) is 26.6. The third-order valence-electron chi connectivity index (χ3n) is 5.47. The first-order chi connectivity index (χ1) is 18.3. The van der Waals surface area contributed by atoms with Crippen molar-refractivity contribution in [2.45, 2.75) is 11.8 Å². The van der Waals surface area contributed by atoms with Gasteiger partial charge in [0.2, 0.25) is 6.79 Å². The number of benzene rings is 3. The van der Waals surface area contributed by atoms with Crippen LogP contribution in [0, 0.1) is 0 Å². The number of carbonyl (C=O) groups excluding carboxylic acids is 1. The number of nitrogens with one attached hydrogen (secondary N) is 1. The van der Waals surface area contributed by atoms with Crippen molar-refractivity contribution < 1.29 is 36.9 Å². The monoisotopic (exact) mass is 541 g/mol. The van der Waals surface area contributed by atoms with Crippen molar-refractivity contribution in [3.8, 4) is 28.7 Å². The minimum absolute atomic E-state index is 0.0827. The van der Waals surface area contributed by atoms with Crippen molar-refractivity contribution in [3.63, 3.8) is 0 Å². The number of anilines is 1. The van der Waals surface area contributed by atoms with E-state index in [9.17, 15) is 13.2 Å². The van der Waals surface area contributed by atoms with Gasteiger partial charge < -0.3 is 23.7 Å². The number of amides is 1. The van der Waals surface area contributed by atoms with Crippen molar-refractivity contribution >= 4 is 27.8 Å². The summed E-state index contributed by atoms with van der Waals surface area (Å²) in [5, 5.41) is 3.96. The Morgan fingerprint density at radius 3 is 2.45 bits per heavy atom. The molecular formula is C26H27N3O8S. The lowest BCUT2D eigenvalue weighted by Gasteiger charge is -2.24. The maximum atomic E-state index is 13.7. The van der Waals surface area contributed by atoms with Crippen molar-refractivity contribution in [2.75, 3.05) is 38.5 Å². The molecule has 1 heterocycles. The van der Waals surface area contributed by atoms with Crippen LogP contribution in [-0.4, -0.2) is 54.7 Å². The molecule has 0 saturated heterocycles. The van der Waals surface area contributed by atoms with E-state index in [1.54, 1.807) is 42.5 Å². The zero-order valence-electron chi connectivity index (χ0n) is 21.0. The molecule has 0 unspecified atom stereocenters. The second kappa shape index (κ2) is 11.7. The molecule has 1 aliphatic rings. The number of hydrogen-bond acceptors (Lipinski definition) is 9. The Balaban J connectivity index is 1.58. The molecule has 0 atom stereocenters. The third kappa shape index (κ3) is 5.92. The summed E-state index contributed by atoms with van der Waals surface area (Å²) in [4.78, 5) is 12.7. The number of sulfonamides is 1. The zero-order chi connectivity index (χ0) is 27.1. The summed E-state index contributed by atoms with van der Waals surface area (Å²) in [6.45, 7) is 1.90. The maximum absolute atomic E-state index is 13.7. The van der Waals surface area contributed by atoms with Gasteiger partial charge in [-0.1, -0.05) is 0 Å². The van der Waals surface area contributed by atoms with Crippen LogP contribution in [-0.2, 0) is 14.8 Å². The number of hydrogen-bond donors (Lipinski definition) is 1. The van der Waals surface area contributed by atoms with Crippen LogP contribution in [0.5, 0.6) is 28.7 Å². The first-order valence-corrected chi connectivity index (χ1v) is 13.0. The van der Waals surface area contributed by atoms with Crippen LogP contribution in [0.4, 0.5) is 5.69 Å². The molecule has 0 aromatic heterocycles. The smallest absolute Gasteiger partial charge is 0.264 e. The molecular weight excluding hydrogens is 514 g/mol. The van der Waals surface area contributed by atoms with Crippen molar-refractivity contribution in [1.29, 1.82) is 0 Å². The highest BCUT2D eigenvalue weighted by molar-refractivity contribution is 7.92. The largest absolute Gasteiger partial charge is 0.494 e. The normalized spacial score (nSPS) is 12.3. The molecule has 0 aliphatic carbocycles. The minimum Gasteiger partial charge on any atom is -0.494 e. The van der Waals surface area contributed by atoms with E-state index in [4.69, 9.17) is 23.7 Å². The Hall–Kier alpha value is -4.45. The summed E-state index contributed by atoms with van der Waals surface area (Å²) in [7, 11) is -1.34. The van der Waals surface area contributed by atoms with Crippen LogP contribution < -0.4 is 33.4 Å². The van der Waals surface area contributed by atoms with E-state index >= 15 is 0 Å². The van der Waals surface area contributed by atoms with Gasteiger partial charge in [-0.05, 0) is 67.1 Å². The molecule has 0 radical (unpaired) electrons. The van der Waals surface area contributed by atoms with Gasteiger partial charge in [0.25, 0.3) is 15.9 Å². The Morgan fingerprint density at radius 2 is 1.74 bits per heavy atom. The molecule has 3 aromatic rings. The molecule has 1 N–H and O–H groups in total. The van der Waals surface area contributed by atoms with Gasteiger partial charge in [-0.15, -0.1) is 0 Å². The average Bonchev–Trinajstić information content (AvgIpc) is 3.40. The number of hydrazone groups is 1. The van der Waals surface area contributed by atoms with Crippen LogP contribution >= 0.6 is 0 Å². The van der Waals surface area contributed by atoms with E-state index in [2.05, 4.69) is 10.5 Å². The Morgan fingerprint density at radius 1 is 1.00 bits per heavy atom. The highest BCUT2D eigenvalue weighted by Gasteiger charge is 2.28. The fraction of sp³-hybridized carbons (Fsp3) is 0.231. The lowest BCUT2D eigenvalue weighted by atomic mass is 10.2. The van der Waals surface area contributed by atoms with Gasteiger partial charge in [0, 0.05) is 6.07 Å². The summed E-state index contributed by atoms with van der Waals surface area (Å²) in [6, 6.07) is 15.8. The highest BCUT2D eigenvalue weighted by Crippen LogP contribution is 2.33. The summed E-state index contributed by atoms with van der Waals surface area (Å²) < 4.78 is 54.9. The molecule has 0 fully saturated rings. The number of ether oxygens (including phenoxy) is 5. The predicted octanol–water partition coefficient (Wildman–Crippen LogP) is 3.18. The van der Waals surface area contributed by atoms with Gasteiger partial charge in [-0.25, -0.2) is 13.8 Å². The van der Waals surface area contributed by atoms with E-state index in [1.165, 1.54) is 38.6 Å². The van der Waals surface area contributed by atoms with Gasteiger partial charge >= 0.3 is 0 Å². The lowest BCUT2D eigenvalue weighted by Crippen LogP contribution is -2.39. The molecule has 12 heteroatoms. The minimum atomic E-state index is -4.20. The molecule has 200 valence electrons. The predicted molar refractivity (Wildman–Crippen MR) is 140 cm³/mol. The van der Waals surface area contributed by atoms with Crippen LogP contribution in [0.3, 0.4) is 0 Å². The first-order valence-electron chi connectivity index (χ1n) is 11.5. The lowest BCUT2D eigenvalue weighted by molar-refractivity contribution is -0.119. The van der Waals surface area contributed by atoms with Gasteiger partial charge in [-0.2, -0.15) is 5.10 Å². The van der Waals surface area contributed by atoms with Crippen molar-refractivity contribution in [2.24, 2.45) is 5.10 Å². The van der Waals surface area contributed by atoms with Gasteiger partial charge in [0.15, 0.2) is 23.0 Å². The number of rotatable bonds is 11. The standard InChI is InChI=1S/C26H27N3O8S/c1-4-35-20-8-6-19(7-9-20)29(38(31,32)21-10-12-22(33-2)24(14-21)34-3)16-26(30)28-27-15-18-5-11-23-25(13-18)37-17-36-23/h5-15H,4,16-17H2,1-3H3,(H,28,30)/b27-15-. The Labute approximate surface area is 220 Å². The van der Waals surface area contributed by atoms with E-state index in [1.807, 2.05) is 6.92 Å². The molecule has 11 nitrogen and oxygen atoms in total. The summed E-state index contributed by atoms with van der Waals surface area (Å²) >= 11 is 0. The molecule has 0 bridgehead atoms. The number of methoxy groups -OCH3 is 2. The van der Waals surface area contributed by atoms with E-state index in [0.717, 1.165) is 4.31 Å². The van der Waals surface area contributed by atoms with Gasteiger partial charge in [0.1, 0.15) is 12.3 Å². The van der Waals surface area contributed by atoms with Gasteiger partial charge in [0.05, 0.1) is 37.6 Å². The van der Waals surface area contributed by atoms with Crippen LogP contribution in [0.1, 0.15) is 12.5 Å². The van der Waals surface area contributed by atoms with E-state index in [-0.39, 0.29) is 23.1 Å². The third-order valence-corrected chi connectivity index (χ3v) is 7.24. The SMILES string of the molecule is CCOc1ccc(N(CC(=O)N/N=C\c2ccc3c(c2)OCO3)S(=O)(=O)c2ccc(OC)c(OC)c2)cc1. The average molecular weight is 542 g/mol. The molecule has 3 aromatic carbocycles. The quantitative estimate of drug-likeness (QED) is 0.290. The highest BCUT2D eigenvalue weighted by atomic mass is 32.2. The summed E-state index contributed by atoms with van der Waals surface area (Å²) in [6.07, 6.45) is 1.42. The number of carbonyl (C=O) groups is 1. The van der Waals surface area contributed by atoms with E-state index in [0.29, 0.717) is 35.2 Å². The second-order valence-corrected chi connectivity index (χ2v) is 9.72. The van der Waals surface area contributed by atoms with Crippen LogP contribution in [0.25, 0.3) is 0 Å². The molecule has 0 saturated carbocycles. The number of fused-ring (bicyclic) bond motifs is 1. The second-order valence-electron chi connectivity index (χ2n) is 7.86. The van der Waals surface area contributed by atoms with Crippen molar-refractivity contribution in [1.82, 2.24) is 5.43 Å². The van der Waals surface area contributed by atoms with E-state index < -0.39 is 22.5 Å². The molecule has 0 spiro atoms. The van der Waals surface area contributed by atoms with Gasteiger partial charge in [-0.3, -0.25) is 9.10 Å². The van der Waals surface area contributed by atoms with Crippen LogP contribution in [0.15, 0.2) is 70.7 Å². The summed E-state index contributed by atoms with van der Waals surface area (Å²) in [5.41, 5.74) is 3.30. The Bertz CT molecular complexity index is 1420. The summed E-state index contributed by atoms with van der Waals surface area (Å²) in [5.74, 6) is 1.71. The zero-order valence-corrected chi connectivity index (χ0v) is 21.9. The van der Waals surface area contributed by atoms with Crippen molar-refractivity contribution in [3.05, 3.63) is 66.2 Å². The fourth-order valence-corrected chi connectivity index (χ4v) is 5.07. The molecule has 1 amide bonds. The molecule has 1 aliphatic heterocycles. The maximum Gasteiger partial charge on any atom is 0.264 e. The van der Waals surface area contributed by atoms with Crippen LogP contribution in [0.2, 0.25) is 0 Å². The molecule has 38 heavy (non-hydrogen) atoms. The molecule has 4 rings (SSSR count). The Kier molecular flexibility index (Phi) is 8.22. The topological polar surface area (TPSA) is 125 Å².